The zero-order valence-corrected chi connectivity index (χ0v) is 17.5. The number of hydrogen-bond acceptors (Lipinski definition) is 5. The molecule has 1 aromatic carbocycles. The lowest BCUT2D eigenvalue weighted by Crippen LogP contribution is -2.11. The summed E-state index contributed by atoms with van der Waals surface area (Å²) in [5.74, 6) is 1.12. The molecule has 1 aromatic heterocycles. The highest BCUT2D eigenvalue weighted by molar-refractivity contribution is 5.54. The lowest BCUT2D eigenvalue weighted by Gasteiger charge is -2.05. The number of aryl methyl sites for hydroxylation is 1. The van der Waals surface area contributed by atoms with E-state index in [0.717, 1.165) is 31.2 Å². The van der Waals surface area contributed by atoms with Crippen LogP contribution in [-0.4, -0.2) is 16.7 Å². The Hall–Kier alpha value is -1.72. The zero-order chi connectivity index (χ0) is 20.0. The van der Waals surface area contributed by atoms with Gasteiger partial charge in [0.05, 0.1) is 6.04 Å². The molecule has 0 spiro atoms. The molecule has 2 rings (SSSR count). The molecule has 2 aromatic rings. The number of aromatic nitrogens is 2. The zero-order valence-electron chi connectivity index (χ0n) is 17.5. The van der Waals surface area contributed by atoms with Gasteiger partial charge in [0, 0.05) is 5.56 Å². The Balaban J connectivity index is 1.72. The molecule has 0 saturated carbocycles. The van der Waals surface area contributed by atoms with Crippen molar-refractivity contribution in [3.05, 3.63) is 35.7 Å². The molecule has 0 fully saturated rings. The van der Waals surface area contributed by atoms with E-state index < -0.39 is 0 Å². The van der Waals surface area contributed by atoms with Crippen LogP contribution in [0.4, 0.5) is 0 Å². The van der Waals surface area contributed by atoms with Crippen LogP contribution in [0.5, 0.6) is 0 Å². The Morgan fingerprint density at radius 1 is 0.893 bits per heavy atom. The monoisotopic (exact) mass is 386 g/mol. The molecule has 0 aliphatic carbocycles. The van der Waals surface area contributed by atoms with E-state index in [1.807, 2.05) is 0 Å². The van der Waals surface area contributed by atoms with Crippen LogP contribution in [0.2, 0.25) is 0 Å². The van der Waals surface area contributed by atoms with Gasteiger partial charge in [-0.15, -0.1) is 0 Å². The normalized spacial score (nSPS) is 12.4. The SMILES string of the molecule is CCCCCCCCCCc1ccc(-c2noc([C@@H](N)CCCCN)n2)cc1. The van der Waals surface area contributed by atoms with Gasteiger partial charge < -0.3 is 16.0 Å². The molecule has 5 heteroatoms. The highest BCUT2D eigenvalue weighted by Crippen LogP contribution is 2.21. The third kappa shape index (κ3) is 8.11. The lowest BCUT2D eigenvalue weighted by molar-refractivity contribution is 0.346. The summed E-state index contributed by atoms with van der Waals surface area (Å²) in [7, 11) is 0. The molecule has 0 aliphatic rings. The highest BCUT2D eigenvalue weighted by atomic mass is 16.5. The second-order valence-corrected chi connectivity index (χ2v) is 7.77. The van der Waals surface area contributed by atoms with E-state index in [1.54, 1.807) is 0 Å². The fourth-order valence-electron chi connectivity index (χ4n) is 3.42. The minimum atomic E-state index is -0.214. The lowest BCUT2D eigenvalue weighted by atomic mass is 10.0. The van der Waals surface area contributed by atoms with Gasteiger partial charge in [-0.2, -0.15) is 4.98 Å². The molecule has 0 saturated heterocycles. The maximum Gasteiger partial charge on any atom is 0.243 e. The molecule has 4 N–H and O–H groups in total. The van der Waals surface area contributed by atoms with E-state index in [-0.39, 0.29) is 6.04 Å². The van der Waals surface area contributed by atoms with Gasteiger partial charge in [0.1, 0.15) is 0 Å². The standard InChI is InChI=1S/C23H38N4O/c1-2-3-4-5-6-7-8-9-12-19-14-16-20(17-15-19)22-26-23(28-27-22)21(25)13-10-11-18-24/h14-17,21H,2-13,18,24-25H2,1H3/t21-/m0/s1. The number of nitrogens with zero attached hydrogens (tertiary/aromatic N) is 2. The van der Waals surface area contributed by atoms with Crippen molar-refractivity contribution >= 4 is 0 Å². The van der Waals surface area contributed by atoms with E-state index in [4.69, 9.17) is 16.0 Å². The topological polar surface area (TPSA) is 91.0 Å². The average Bonchev–Trinajstić information content (AvgIpc) is 3.21. The second kappa shape index (κ2) is 13.5. The predicted octanol–water partition coefficient (Wildman–Crippen LogP) is 5.55. The summed E-state index contributed by atoms with van der Waals surface area (Å²) in [4.78, 5) is 4.47. The molecule has 0 radical (unpaired) electrons. The first-order chi connectivity index (χ1) is 13.7. The van der Waals surface area contributed by atoms with Crippen LogP contribution in [0, 0.1) is 0 Å². The maximum atomic E-state index is 6.13. The van der Waals surface area contributed by atoms with E-state index in [0.29, 0.717) is 18.3 Å². The van der Waals surface area contributed by atoms with Crippen molar-refractivity contribution in [3.63, 3.8) is 0 Å². The van der Waals surface area contributed by atoms with E-state index >= 15 is 0 Å². The third-order valence-electron chi connectivity index (χ3n) is 5.26. The molecule has 1 atom stereocenters. The molecule has 0 amide bonds. The fourth-order valence-corrected chi connectivity index (χ4v) is 3.42. The molecule has 0 aliphatic heterocycles. The Morgan fingerprint density at radius 2 is 1.57 bits per heavy atom. The van der Waals surface area contributed by atoms with Crippen molar-refractivity contribution in [2.75, 3.05) is 6.54 Å². The van der Waals surface area contributed by atoms with Crippen molar-refractivity contribution in [3.8, 4) is 11.4 Å². The van der Waals surface area contributed by atoms with Crippen LogP contribution in [-0.2, 0) is 6.42 Å². The highest BCUT2D eigenvalue weighted by Gasteiger charge is 2.15. The van der Waals surface area contributed by atoms with Gasteiger partial charge >= 0.3 is 0 Å². The van der Waals surface area contributed by atoms with Crippen LogP contribution in [0.15, 0.2) is 28.8 Å². The van der Waals surface area contributed by atoms with E-state index in [9.17, 15) is 0 Å². The van der Waals surface area contributed by atoms with Gasteiger partial charge in [-0.05, 0) is 37.8 Å². The summed E-state index contributed by atoms with van der Waals surface area (Å²) in [5, 5.41) is 4.09. The first kappa shape index (κ1) is 22.6. The largest absolute Gasteiger partial charge is 0.337 e. The first-order valence-electron chi connectivity index (χ1n) is 11.1. The van der Waals surface area contributed by atoms with Crippen molar-refractivity contribution in [2.45, 2.75) is 90.0 Å². The van der Waals surface area contributed by atoms with Crippen LogP contribution < -0.4 is 11.5 Å². The number of benzene rings is 1. The minimum Gasteiger partial charge on any atom is -0.337 e. The average molecular weight is 387 g/mol. The minimum absolute atomic E-state index is 0.214. The summed E-state index contributed by atoms with van der Waals surface area (Å²) >= 11 is 0. The van der Waals surface area contributed by atoms with E-state index in [2.05, 4.69) is 41.3 Å². The van der Waals surface area contributed by atoms with Crippen molar-refractivity contribution in [2.24, 2.45) is 11.5 Å². The molecular formula is C23H38N4O. The maximum absolute atomic E-state index is 6.13. The van der Waals surface area contributed by atoms with Crippen molar-refractivity contribution < 1.29 is 4.52 Å². The van der Waals surface area contributed by atoms with Gasteiger partial charge in [0.2, 0.25) is 11.7 Å². The third-order valence-corrected chi connectivity index (χ3v) is 5.26. The summed E-state index contributed by atoms with van der Waals surface area (Å²) in [5.41, 5.74) is 14.0. The van der Waals surface area contributed by atoms with Gasteiger partial charge in [-0.1, -0.05) is 87.7 Å². The Labute approximate surface area is 170 Å². The summed E-state index contributed by atoms with van der Waals surface area (Å²) in [6, 6.07) is 8.29. The number of nitrogens with two attached hydrogens (primary N) is 2. The van der Waals surface area contributed by atoms with Crippen LogP contribution in [0.25, 0.3) is 11.4 Å². The molecule has 0 unspecified atom stereocenters. The molecule has 156 valence electrons. The van der Waals surface area contributed by atoms with Gasteiger partial charge in [-0.3, -0.25) is 0 Å². The first-order valence-corrected chi connectivity index (χ1v) is 11.1. The molecular weight excluding hydrogens is 348 g/mol. The van der Waals surface area contributed by atoms with Gasteiger partial charge in [0.15, 0.2) is 0 Å². The van der Waals surface area contributed by atoms with Crippen molar-refractivity contribution in [1.29, 1.82) is 0 Å². The van der Waals surface area contributed by atoms with Gasteiger partial charge in [-0.25, -0.2) is 0 Å². The Morgan fingerprint density at radius 3 is 2.25 bits per heavy atom. The Bertz CT molecular complexity index is 638. The molecule has 28 heavy (non-hydrogen) atoms. The van der Waals surface area contributed by atoms with Crippen LogP contribution in [0.1, 0.15) is 95.0 Å². The predicted molar refractivity (Wildman–Crippen MR) is 116 cm³/mol. The molecule has 0 bridgehead atoms. The second-order valence-electron chi connectivity index (χ2n) is 7.77. The number of hydrogen-bond donors (Lipinski definition) is 2. The molecule has 1 heterocycles. The molecule has 5 nitrogen and oxygen atoms in total. The summed E-state index contributed by atoms with van der Waals surface area (Å²) in [6.45, 7) is 2.95. The summed E-state index contributed by atoms with van der Waals surface area (Å²) < 4.78 is 5.35. The number of unbranched alkanes of at least 4 members (excludes halogenated alkanes) is 8. The fraction of sp³-hybridized carbons (Fsp3) is 0.652. The van der Waals surface area contributed by atoms with Crippen LogP contribution in [0.3, 0.4) is 0 Å². The smallest absolute Gasteiger partial charge is 0.243 e. The van der Waals surface area contributed by atoms with Crippen LogP contribution >= 0.6 is 0 Å². The number of rotatable bonds is 15. The summed E-state index contributed by atoms with van der Waals surface area (Å²) in [6.07, 6.45) is 14.7. The van der Waals surface area contributed by atoms with Gasteiger partial charge in [0.25, 0.3) is 0 Å². The quantitative estimate of drug-likeness (QED) is 0.392. The van der Waals surface area contributed by atoms with Crippen molar-refractivity contribution in [1.82, 2.24) is 10.1 Å². The Kier molecular flexibility index (Phi) is 10.8. The van der Waals surface area contributed by atoms with E-state index in [1.165, 1.54) is 56.9 Å².